The Balaban J connectivity index is 1.50. The largest absolute Gasteiger partial charge is 0.493 e. The van der Waals surface area contributed by atoms with E-state index in [-0.39, 0.29) is 11.5 Å². The first kappa shape index (κ1) is 21.0. The Kier molecular flexibility index (Phi) is 5.72. The first-order valence-corrected chi connectivity index (χ1v) is 10.1. The molecule has 0 unspecified atom stereocenters. The number of hydrogen-bond donors (Lipinski definition) is 0. The Morgan fingerprint density at radius 2 is 1.94 bits per heavy atom. The SMILES string of the molecule is COc1cc(-c2noc(CSc3nc4nc(C)c(C)c(C)n4n3)n2)ccc1OC(F)F. The summed E-state index contributed by atoms with van der Waals surface area (Å²) in [4.78, 5) is 13.2. The molecule has 12 heteroatoms. The fraction of sp³-hybridized carbons (Fsp3) is 0.316. The lowest BCUT2D eigenvalue weighted by molar-refractivity contribution is -0.0512. The van der Waals surface area contributed by atoms with Gasteiger partial charge in [0.1, 0.15) is 0 Å². The molecule has 0 aliphatic carbocycles. The van der Waals surface area contributed by atoms with Crippen LogP contribution in [0, 0.1) is 20.8 Å². The number of ether oxygens (including phenoxy) is 2. The van der Waals surface area contributed by atoms with Gasteiger partial charge in [0.15, 0.2) is 11.5 Å². The standard InChI is InChI=1S/C19H18F2N6O3S/c1-9-10(2)22-18-24-19(25-27(18)11(9)3)31-8-15-23-16(26-30-15)12-5-6-13(29-17(20)21)14(7-12)28-4/h5-7,17H,8H2,1-4H3. The molecule has 0 aliphatic rings. The number of rotatable bonds is 7. The van der Waals surface area contributed by atoms with Crippen molar-refractivity contribution in [2.75, 3.05) is 7.11 Å². The smallest absolute Gasteiger partial charge is 0.387 e. The molecule has 162 valence electrons. The van der Waals surface area contributed by atoms with E-state index in [0.29, 0.717) is 34.0 Å². The van der Waals surface area contributed by atoms with E-state index in [4.69, 9.17) is 9.26 Å². The zero-order valence-corrected chi connectivity index (χ0v) is 17.9. The molecule has 0 amide bonds. The van der Waals surface area contributed by atoms with Crippen LogP contribution < -0.4 is 9.47 Å². The van der Waals surface area contributed by atoms with Gasteiger partial charge in [-0.05, 0) is 44.5 Å². The number of thioether (sulfide) groups is 1. The summed E-state index contributed by atoms with van der Waals surface area (Å²) in [5.74, 6) is 1.61. The molecule has 1 aromatic carbocycles. The zero-order chi connectivity index (χ0) is 22.1. The molecule has 0 N–H and O–H groups in total. The Bertz CT molecular complexity index is 1240. The molecule has 0 atom stereocenters. The van der Waals surface area contributed by atoms with E-state index < -0.39 is 6.61 Å². The number of halogens is 2. The molecule has 3 aromatic heterocycles. The molecule has 0 radical (unpaired) electrons. The minimum atomic E-state index is -2.95. The third kappa shape index (κ3) is 4.29. The van der Waals surface area contributed by atoms with Crippen LogP contribution in [0.3, 0.4) is 0 Å². The fourth-order valence-corrected chi connectivity index (χ4v) is 3.51. The van der Waals surface area contributed by atoms with Gasteiger partial charge in [0.2, 0.25) is 16.9 Å². The lowest BCUT2D eigenvalue weighted by Crippen LogP contribution is -2.03. The summed E-state index contributed by atoms with van der Waals surface area (Å²) < 4.78 is 41.5. The van der Waals surface area contributed by atoms with Crippen LogP contribution in [0.2, 0.25) is 0 Å². The van der Waals surface area contributed by atoms with E-state index in [1.807, 2.05) is 20.8 Å². The second-order valence-corrected chi connectivity index (χ2v) is 7.50. The van der Waals surface area contributed by atoms with Crippen molar-refractivity contribution in [2.24, 2.45) is 0 Å². The topological polar surface area (TPSA) is 100 Å². The minimum Gasteiger partial charge on any atom is -0.493 e. The summed E-state index contributed by atoms with van der Waals surface area (Å²) in [6, 6.07) is 4.41. The number of hydrogen-bond acceptors (Lipinski definition) is 9. The van der Waals surface area contributed by atoms with E-state index >= 15 is 0 Å². The van der Waals surface area contributed by atoms with Crippen LogP contribution in [0.4, 0.5) is 8.78 Å². The van der Waals surface area contributed by atoms with Crippen LogP contribution in [0.25, 0.3) is 17.2 Å². The highest BCUT2D eigenvalue weighted by atomic mass is 32.2. The summed E-state index contributed by atoms with van der Waals surface area (Å²) in [5, 5.41) is 8.95. The average Bonchev–Trinajstić information content (AvgIpc) is 3.37. The van der Waals surface area contributed by atoms with Crippen LogP contribution >= 0.6 is 11.8 Å². The monoisotopic (exact) mass is 448 g/mol. The highest BCUT2D eigenvalue weighted by Gasteiger charge is 2.16. The Morgan fingerprint density at radius 3 is 2.68 bits per heavy atom. The van der Waals surface area contributed by atoms with Gasteiger partial charge in [-0.15, -0.1) is 5.10 Å². The summed E-state index contributed by atoms with van der Waals surface area (Å²) in [6.45, 7) is 2.95. The van der Waals surface area contributed by atoms with Gasteiger partial charge in [-0.3, -0.25) is 0 Å². The van der Waals surface area contributed by atoms with Crippen molar-refractivity contribution in [3.8, 4) is 22.9 Å². The number of benzene rings is 1. The maximum absolute atomic E-state index is 12.5. The average molecular weight is 448 g/mol. The molecule has 4 aromatic rings. The van der Waals surface area contributed by atoms with Crippen LogP contribution in [-0.2, 0) is 5.75 Å². The number of aromatic nitrogens is 6. The van der Waals surface area contributed by atoms with Crippen LogP contribution in [-0.4, -0.2) is 43.4 Å². The molecular weight excluding hydrogens is 430 g/mol. The second-order valence-electron chi connectivity index (χ2n) is 6.56. The molecule has 0 spiro atoms. The van der Waals surface area contributed by atoms with Crippen molar-refractivity contribution in [2.45, 2.75) is 38.3 Å². The van der Waals surface area contributed by atoms with Gasteiger partial charge >= 0.3 is 6.61 Å². The molecule has 0 fully saturated rings. The fourth-order valence-electron chi connectivity index (χ4n) is 2.86. The molecule has 0 aliphatic heterocycles. The lowest BCUT2D eigenvalue weighted by Gasteiger charge is -2.10. The first-order valence-electron chi connectivity index (χ1n) is 9.15. The Labute approximate surface area is 179 Å². The van der Waals surface area contributed by atoms with Gasteiger partial charge in [0.05, 0.1) is 12.9 Å². The number of fused-ring (bicyclic) bond motifs is 1. The second kappa shape index (κ2) is 8.46. The van der Waals surface area contributed by atoms with Crippen molar-refractivity contribution in [3.05, 3.63) is 41.0 Å². The van der Waals surface area contributed by atoms with E-state index in [1.165, 1.54) is 31.0 Å². The van der Waals surface area contributed by atoms with Gasteiger partial charge < -0.3 is 14.0 Å². The molecule has 4 rings (SSSR count). The Hall–Kier alpha value is -3.28. The van der Waals surface area contributed by atoms with Crippen LogP contribution in [0.1, 0.15) is 22.8 Å². The maximum atomic E-state index is 12.5. The van der Waals surface area contributed by atoms with Crippen molar-refractivity contribution in [3.63, 3.8) is 0 Å². The van der Waals surface area contributed by atoms with Crippen molar-refractivity contribution in [1.82, 2.24) is 29.7 Å². The molecule has 31 heavy (non-hydrogen) atoms. The maximum Gasteiger partial charge on any atom is 0.387 e. The molecule has 0 saturated carbocycles. The molecular formula is C19H18F2N6O3S. The number of methoxy groups -OCH3 is 1. The number of nitrogens with zero attached hydrogens (tertiary/aromatic N) is 6. The summed E-state index contributed by atoms with van der Waals surface area (Å²) in [5.41, 5.74) is 3.50. The summed E-state index contributed by atoms with van der Waals surface area (Å²) >= 11 is 1.34. The predicted octanol–water partition coefficient (Wildman–Crippen LogP) is 4.00. The van der Waals surface area contributed by atoms with Crippen molar-refractivity contribution < 1.29 is 22.8 Å². The third-order valence-electron chi connectivity index (χ3n) is 4.67. The van der Waals surface area contributed by atoms with E-state index in [2.05, 4.69) is 29.9 Å². The van der Waals surface area contributed by atoms with Crippen molar-refractivity contribution >= 4 is 17.5 Å². The van der Waals surface area contributed by atoms with Gasteiger partial charge in [0, 0.05) is 17.0 Å². The zero-order valence-electron chi connectivity index (χ0n) is 17.1. The minimum absolute atomic E-state index is 0.0761. The van der Waals surface area contributed by atoms with Crippen molar-refractivity contribution in [1.29, 1.82) is 0 Å². The van der Waals surface area contributed by atoms with E-state index in [9.17, 15) is 8.78 Å². The Morgan fingerprint density at radius 1 is 1.13 bits per heavy atom. The predicted molar refractivity (Wildman–Crippen MR) is 107 cm³/mol. The number of aryl methyl sites for hydroxylation is 2. The molecule has 9 nitrogen and oxygen atoms in total. The highest BCUT2D eigenvalue weighted by Crippen LogP contribution is 2.33. The van der Waals surface area contributed by atoms with E-state index in [1.54, 1.807) is 10.6 Å². The quantitative estimate of drug-likeness (QED) is 0.388. The molecule has 0 bridgehead atoms. The molecule has 3 heterocycles. The van der Waals surface area contributed by atoms with Gasteiger partial charge in [-0.2, -0.15) is 18.7 Å². The highest BCUT2D eigenvalue weighted by molar-refractivity contribution is 7.98. The van der Waals surface area contributed by atoms with Gasteiger partial charge in [-0.1, -0.05) is 16.9 Å². The summed E-state index contributed by atoms with van der Waals surface area (Å²) in [6.07, 6.45) is 0. The van der Waals surface area contributed by atoms with Gasteiger partial charge in [-0.25, -0.2) is 9.50 Å². The summed E-state index contributed by atoms with van der Waals surface area (Å²) in [7, 11) is 1.36. The normalized spacial score (nSPS) is 11.5. The van der Waals surface area contributed by atoms with E-state index in [0.717, 1.165) is 17.0 Å². The number of alkyl halides is 2. The third-order valence-corrected chi connectivity index (χ3v) is 5.49. The first-order chi connectivity index (χ1) is 14.9. The molecule has 0 saturated heterocycles. The van der Waals surface area contributed by atoms with Crippen LogP contribution in [0.5, 0.6) is 11.5 Å². The van der Waals surface area contributed by atoms with Gasteiger partial charge in [0.25, 0.3) is 5.78 Å². The lowest BCUT2D eigenvalue weighted by atomic mass is 10.2. The van der Waals surface area contributed by atoms with Crippen LogP contribution in [0.15, 0.2) is 27.9 Å².